The fourth-order valence-corrected chi connectivity index (χ4v) is 2.10. The van der Waals surface area contributed by atoms with Gasteiger partial charge in [0.2, 0.25) is 0 Å². The van der Waals surface area contributed by atoms with Crippen molar-refractivity contribution in [3.05, 3.63) is 0 Å². The number of ether oxygens (including phenoxy) is 2. The van der Waals surface area contributed by atoms with E-state index < -0.39 is 17.4 Å². The number of nitrogens with one attached hydrogen (secondary N) is 1. The topological polar surface area (TPSA) is 88.4 Å². The summed E-state index contributed by atoms with van der Waals surface area (Å²) in [6.07, 6.45) is 4.25. The van der Waals surface area contributed by atoms with E-state index >= 15 is 0 Å². The zero-order valence-electron chi connectivity index (χ0n) is 11.2. The second-order valence-electron chi connectivity index (χ2n) is 4.60. The third kappa shape index (κ3) is 5.26. The summed E-state index contributed by atoms with van der Waals surface area (Å²) in [7, 11) is 0. The Balaban J connectivity index is 2.33. The first-order valence-electron chi connectivity index (χ1n) is 6.57. The van der Waals surface area contributed by atoms with Gasteiger partial charge in [0.15, 0.2) is 6.61 Å². The van der Waals surface area contributed by atoms with E-state index in [1.165, 1.54) is 0 Å². The molecule has 0 unspecified atom stereocenters. The molecule has 0 heterocycles. The van der Waals surface area contributed by atoms with Crippen LogP contribution in [0, 0.1) is 11.3 Å². The summed E-state index contributed by atoms with van der Waals surface area (Å²) >= 11 is 0. The minimum Gasteiger partial charge on any atom is -0.454 e. The lowest BCUT2D eigenvalue weighted by molar-refractivity contribution is -0.153. The van der Waals surface area contributed by atoms with Gasteiger partial charge in [-0.15, -0.1) is 0 Å². The molecule has 0 aromatic carbocycles. The van der Waals surface area contributed by atoms with Gasteiger partial charge in [-0.2, -0.15) is 5.26 Å². The average Bonchev–Trinajstić information content (AvgIpc) is 2.44. The summed E-state index contributed by atoms with van der Waals surface area (Å²) in [5.41, 5.74) is -0.790. The maximum atomic E-state index is 11.7. The third-order valence-corrected chi connectivity index (χ3v) is 3.09. The molecule has 1 rings (SSSR count). The molecule has 0 aromatic heterocycles. The molecular weight excluding hydrogens is 248 g/mol. The molecule has 0 saturated heterocycles. The smallest absolute Gasteiger partial charge is 0.332 e. The van der Waals surface area contributed by atoms with E-state index in [1.54, 1.807) is 6.92 Å². The highest BCUT2D eigenvalue weighted by molar-refractivity contribution is 5.81. The molecule has 0 bridgehead atoms. The van der Waals surface area contributed by atoms with E-state index in [-0.39, 0.29) is 13.2 Å². The molecule has 0 radical (unpaired) electrons. The van der Waals surface area contributed by atoms with Gasteiger partial charge in [-0.1, -0.05) is 19.3 Å². The van der Waals surface area contributed by atoms with Gasteiger partial charge in [-0.3, -0.25) is 4.79 Å². The first-order chi connectivity index (χ1) is 9.12. The van der Waals surface area contributed by atoms with E-state index in [9.17, 15) is 14.9 Å². The lowest BCUT2D eigenvalue weighted by Crippen LogP contribution is -2.50. The highest BCUT2D eigenvalue weighted by Gasteiger charge is 2.33. The highest BCUT2D eigenvalue weighted by atomic mass is 16.6. The maximum absolute atomic E-state index is 11.7. The monoisotopic (exact) mass is 268 g/mol. The Morgan fingerprint density at radius 1 is 1.26 bits per heavy atom. The van der Waals surface area contributed by atoms with Crippen molar-refractivity contribution < 1.29 is 19.1 Å². The molecule has 0 atom stereocenters. The first kappa shape index (κ1) is 15.4. The van der Waals surface area contributed by atoms with Gasteiger partial charge in [0.25, 0.3) is 5.91 Å². The molecule has 6 nitrogen and oxygen atoms in total. The molecule has 1 amide bonds. The van der Waals surface area contributed by atoms with Crippen molar-refractivity contribution in [2.24, 2.45) is 0 Å². The van der Waals surface area contributed by atoms with E-state index in [2.05, 4.69) is 11.4 Å². The van der Waals surface area contributed by atoms with Crippen molar-refractivity contribution in [1.82, 2.24) is 5.32 Å². The van der Waals surface area contributed by atoms with Crippen LogP contribution in [-0.4, -0.2) is 37.2 Å². The minimum atomic E-state index is -0.790. The minimum absolute atomic E-state index is 0.160. The van der Waals surface area contributed by atoms with Crippen LogP contribution in [0.2, 0.25) is 0 Å². The summed E-state index contributed by atoms with van der Waals surface area (Å²) in [4.78, 5) is 22.8. The molecule has 106 valence electrons. The Morgan fingerprint density at radius 2 is 1.95 bits per heavy atom. The van der Waals surface area contributed by atoms with Crippen LogP contribution in [-0.2, 0) is 19.1 Å². The van der Waals surface area contributed by atoms with Crippen LogP contribution >= 0.6 is 0 Å². The molecule has 6 heteroatoms. The molecular formula is C13H20N2O4. The van der Waals surface area contributed by atoms with E-state index in [4.69, 9.17) is 9.47 Å². The van der Waals surface area contributed by atoms with Crippen LogP contribution in [0.25, 0.3) is 0 Å². The SMILES string of the molecule is CCOCC(=O)OCC(=O)NC1(C#N)CCCCC1. The van der Waals surface area contributed by atoms with Gasteiger partial charge in [-0.05, 0) is 19.8 Å². The van der Waals surface area contributed by atoms with Gasteiger partial charge in [-0.25, -0.2) is 4.79 Å². The molecule has 1 N–H and O–H groups in total. The summed E-state index contributed by atoms with van der Waals surface area (Å²) < 4.78 is 9.61. The number of nitrogens with zero attached hydrogens (tertiary/aromatic N) is 1. The number of carbonyl (C=O) groups is 2. The normalized spacial score (nSPS) is 17.3. The standard InChI is InChI=1S/C13H20N2O4/c1-2-18-9-12(17)19-8-11(16)15-13(10-14)6-4-3-5-7-13/h2-9H2,1H3,(H,15,16). The van der Waals surface area contributed by atoms with E-state index in [1.807, 2.05) is 0 Å². The zero-order valence-corrected chi connectivity index (χ0v) is 11.2. The van der Waals surface area contributed by atoms with Crippen molar-refractivity contribution in [3.8, 4) is 6.07 Å². The third-order valence-electron chi connectivity index (χ3n) is 3.09. The van der Waals surface area contributed by atoms with Crippen LogP contribution < -0.4 is 5.32 Å². The van der Waals surface area contributed by atoms with Crippen molar-refractivity contribution in [2.75, 3.05) is 19.8 Å². The molecule has 1 fully saturated rings. The van der Waals surface area contributed by atoms with Crippen molar-refractivity contribution in [1.29, 1.82) is 5.26 Å². The van der Waals surface area contributed by atoms with Crippen molar-refractivity contribution in [2.45, 2.75) is 44.6 Å². The Bertz CT molecular complexity index is 356. The molecule has 0 aromatic rings. The summed E-state index contributed by atoms with van der Waals surface area (Å²) in [5, 5.41) is 11.9. The number of amides is 1. The summed E-state index contributed by atoms with van der Waals surface area (Å²) in [6, 6.07) is 2.17. The largest absolute Gasteiger partial charge is 0.454 e. The Hall–Kier alpha value is -1.61. The quantitative estimate of drug-likeness (QED) is 0.723. The fraction of sp³-hybridized carbons (Fsp3) is 0.769. The lowest BCUT2D eigenvalue weighted by Gasteiger charge is -2.31. The molecule has 1 saturated carbocycles. The van der Waals surface area contributed by atoms with Crippen LogP contribution in [0.3, 0.4) is 0 Å². The zero-order chi connectivity index (χ0) is 14.1. The number of nitriles is 1. The van der Waals surface area contributed by atoms with Crippen LogP contribution in [0.1, 0.15) is 39.0 Å². The van der Waals surface area contributed by atoms with Gasteiger partial charge in [0.05, 0.1) is 6.07 Å². The Morgan fingerprint density at radius 3 is 2.53 bits per heavy atom. The van der Waals surface area contributed by atoms with Crippen molar-refractivity contribution in [3.63, 3.8) is 0 Å². The lowest BCUT2D eigenvalue weighted by atomic mass is 9.83. The van der Waals surface area contributed by atoms with Crippen LogP contribution in [0.5, 0.6) is 0 Å². The average molecular weight is 268 g/mol. The van der Waals surface area contributed by atoms with Gasteiger partial charge in [0.1, 0.15) is 12.1 Å². The van der Waals surface area contributed by atoms with Crippen LogP contribution in [0.4, 0.5) is 0 Å². The Kier molecular flexibility index (Phi) is 6.30. The van der Waals surface area contributed by atoms with Crippen molar-refractivity contribution >= 4 is 11.9 Å². The first-order valence-corrected chi connectivity index (χ1v) is 6.57. The highest BCUT2D eigenvalue weighted by Crippen LogP contribution is 2.27. The van der Waals surface area contributed by atoms with E-state index in [0.717, 1.165) is 19.3 Å². The molecule has 0 spiro atoms. The number of esters is 1. The maximum Gasteiger partial charge on any atom is 0.332 e. The molecule has 1 aliphatic carbocycles. The summed E-state index contributed by atoms with van der Waals surface area (Å²) in [5.74, 6) is -1.01. The number of carbonyl (C=O) groups excluding carboxylic acids is 2. The number of rotatable bonds is 6. The molecule has 19 heavy (non-hydrogen) atoms. The number of hydrogen-bond acceptors (Lipinski definition) is 5. The predicted octanol–water partition coefficient (Wildman–Crippen LogP) is 0.909. The molecule has 0 aliphatic heterocycles. The number of hydrogen-bond donors (Lipinski definition) is 1. The van der Waals surface area contributed by atoms with E-state index in [0.29, 0.717) is 19.4 Å². The second-order valence-corrected chi connectivity index (χ2v) is 4.60. The predicted molar refractivity (Wildman–Crippen MR) is 67.0 cm³/mol. The fourth-order valence-electron chi connectivity index (χ4n) is 2.10. The van der Waals surface area contributed by atoms with Gasteiger partial charge in [0, 0.05) is 6.61 Å². The second kappa shape index (κ2) is 7.74. The Labute approximate surface area is 113 Å². The summed E-state index contributed by atoms with van der Waals surface area (Å²) in [6.45, 7) is 1.65. The van der Waals surface area contributed by atoms with Gasteiger partial charge < -0.3 is 14.8 Å². The van der Waals surface area contributed by atoms with Gasteiger partial charge >= 0.3 is 5.97 Å². The molecule has 1 aliphatic rings. The van der Waals surface area contributed by atoms with Crippen LogP contribution in [0.15, 0.2) is 0 Å².